The summed E-state index contributed by atoms with van der Waals surface area (Å²) in [6.45, 7) is 5.77. The first-order chi connectivity index (χ1) is 11.8. The molecule has 0 amide bonds. The molecule has 0 unspecified atom stereocenters. The standard InChI is InChI=1S/C19H21NO4S/c1-4-19(21)12-13-20(16-6-5-7-17(24-3)18(16)19)25(22,23)15-10-8-14(2)9-11-15/h4-11,21H,1,12-13H2,2-3H3/t19-/m1/s1. The summed E-state index contributed by atoms with van der Waals surface area (Å²) in [5.41, 5.74) is 0.491. The van der Waals surface area contributed by atoms with Crippen LogP contribution in [0.4, 0.5) is 5.69 Å². The van der Waals surface area contributed by atoms with E-state index in [1.54, 1.807) is 42.5 Å². The maximum Gasteiger partial charge on any atom is 0.264 e. The number of sulfonamides is 1. The van der Waals surface area contributed by atoms with Crippen molar-refractivity contribution in [1.82, 2.24) is 0 Å². The van der Waals surface area contributed by atoms with Gasteiger partial charge in [-0.2, -0.15) is 0 Å². The molecule has 1 aliphatic rings. The highest BCUT2D eigenvalue weighted by atomic mass is 32.2. The van der Waals surface area contributed by atoms with Gasteiger partial charge in [-0.25, -0.2) is 8.42 Å². The van der Waals surface area contributed by atoms with E-state index in [1.807, 2.05) is 6.92 Å². The molecule has 132 valence electrons. The molecule has 25 heavy (non-hydrogen) atoms. The number of hydrogen-bond donors (Lipinski definition) is 1. The van der Waals surface area contributed by atoms with Gasteiger partial charge in [-0.3, -0.25) is 4.31 Å². The van der Waals surface area contributed by atoms with Crippen molar-refractivity contribution in [1.29, 1.82) is 0 Å². The van der Waals surface area contributed by atoms with Crippen LogP contribution in [0, 0.1) is 6.92 Å². The van der Waals surface area contributed by atoms with Crippen LogP contribution >= 0.6 is 0 Å². The van der Waals surface area contributed by atoms with Crippen LogP contribution in [0.3, 0.4) is 0 Å². The van der Waals surface area contributed by atoms with Gasteiger partial charge in [-0.15, -0.1) is 0 Å². The Bertz CT molecular complexity index is 906. The Morgan fingerprint density at radius 3 is 2.52 bits per heavy atom. The van der Waals surface area contributed by atoms with Gasteiger partial charge in [0.25, 0.3) is 10.0 Å². The topological polar surface area (TPSA) is 66.8 Å². The summed E-state index contributed by atoms with van der Waals surface area (Å²) in [6.07, 6.45) is 1.64. The average Bonchev–Trinajstić information content (AvgIpc) is 2.61. The normalized spacial score (nSPS) is 20.0. The number of fused-ring (bicyclic) bond motifs is 1. The lowest BCUT2D eigenvalue weighted by molar-refractivity contribution is 0.0764. The molecule has 0 saturated heterocycles. The van der Waals surface area contributed by atoms with E-state index in [9.17, 15) is 13.5 Å². The van der Waals surface area contributed by atoms with E-state index in [-0.39, 0.29) is 17.9 Å². The molecule has 0 radical (unpaired) electrons. The van der Waals surface area contributed by atoms with Gasteiger partial charge in [0.2, 0.25) is 0 Å². The van der Waals surface area contributed by atoms with E-state index in [1.165, 1.54) is 17.5 Å². The Morgan fingerprint density at radius 2 is 1.92 bits per heavy atom. The highest BCUT2D eigenvalue weighted by molar-refractivity contribution is 7.92. The zero-order valence-electron chi connectivity index (χ0n) is 14.3. The number of aryl methyl sites for hydroxylation is 1. The minimum absolute atomic E-state index is 0.152. The smallest absolute Gasteiger partial charge is 0.264 e. The van der Waals surface area contributed by atoms with Crippen LogP contribution in [-0.2, 0) is 15.6 Å². The Kier molecular flexibility index (Phi) is 4.34. The second kappa shape index (κ2) is 6.20. The van der Waals surface area contributed by atoms with Gasteiger partial charge in [-0.1, -0.05) is 36.4 Å². The van der Waals surface area contributed by atoms with Crippen molar-refractivity contribution >= 4 is 15.7 Å². The van der Waals surface area contributed by atoms with Crippen molar-refractivity contribution < 1.29 is 18.3 Å². The number of nitrogens with zero attached hydrogens (tertiary/aromatic N) is 1. The first-order valence-corrected chi connectivity index (χ1v) is 9.40. The van der Waals surface area contributed by atoms with E-state index in [0.717, 1.165) is 5.56 Å². The molecule has 0 saturated carbocycles. The van der Waals surface area contributed by atoms with Gasteiger partial charge >= 0.3 is 0 Å². The molecular formula is C19H21NO4S. The lowest BCUT2D eigenvalue weighted by atomic mass is 9.85. The maximum atomic E-state index is 13.1. The summed E-state index contributed by atoms with van der Waals surface area (Å²) in [5.74, 6) is 0.434. The second-order valence-electron chi connectivity index (χ2n) is 6.12. The molecule has 0 spiro atoms. The Hall–Kier alpha value is -2.31. The average molecular weight is 359 g/mol. The fourth-order valence-electron chi connectivity index (χ4n) is 3.14. The van der Waals surface area contributed by atoms with Crippen LogP contribution < -0.4 is 9.04 Å². The van der Waals surface area contributed by atoms with Gasteiger partial charge in [-0.05, 0) is 31.2 Å². The number of benzene rings is 2. The molecule has 6 heteroatoms. The SMILES string of the molecule is C=C[C@@]1(O)CCN(S(=O)(=O)c2ccc(C)cc2)c2cccc(OC)c21. The third-order valence-corrected chi connectivity index (χ3v) is 6.40. The first-order valence-electron chi connectivity index (χ1n) is 7.96. The summed E-state index contributed by atoms with van der Waals surface area (Å²) in [5, 5.41) is 10.9. The zero-order valence-corrected chi connectivity index (χ0v) is 15.1. The highest BCUT2D eigenvalue weighted by Crippen LogP contribution is 2.46. The third kappa shape index (κ3) is 2.81. The zero-order chi connectivity index (χ0) is 18.2. The molecule has 1 atom stereocenters. The summed E-state index contributed by atoms with van der Waals surface area (Å²) >= 11 is 0. The number of methoxy groups -OCH3 is 1. The van der Waals surface area contributed by atoms with Crippen LogP contribution in [0.5, 0.6) is 5.75 Å². The predicted molar refractivity (Wildman–Crippen MR) is 97.4 cm³/mol. The van der Waals surface area contributed by atoms with Crippen LogP contribution in [0.15, 0.2) is 60.0 Å². The number of hydrogen-bond acceptors (Lipinski definition) is 4. The van der Waals surface area contributed by atoms with Gasteiger partial charge < -0.3 is 9.84 Å². The van der Waals surface area contributed by atoms with Crippen molar-refractivity contribution in [3.8, 4) is 5.75 Å². The lowest BCUT2D eigenvalue weighted by Gasteiger charge is -2.39. The minimum Gasteiger partial charge on any atom is -0.496 e. The van der Waals surface area contributed by atoms with E-state index in [4.69, 9.17) is 4.74 Å². The lowest BCUT2D eigenvalue weighted by Crippen LogP contribution is -2.42. The van der Waals surface area contributed by atoms with Crippen molar-refractivity contribution in [2.75, 3.05) is 18.0 Å². The van der Waals surface area contributed by atoms with Gasteiger partial charge in [0.1, 0.15) is 11.4 Å². The molecule has 0 aromatic heterocycles. The summed E-state index contributed by atoms with van der Waals surface area (Å²) in [7, 11) is -2.25. The van der Waals surface area contributed by atoms with Crippen molar-refractivity contribution in [3.63, 3.8) is 0 Å². The molecule has 1 N–H and O–H groups in total. The largest absolute Gasteiger partial charge is 0.496 e. The van der Waals surface area contributed by atoms with Crippen molar-refractivity contribution in [3.05, 3.63) is 66.2 Å². The molecule has 0 fully saturated rings. The van der Waals surface area contributed by atoms with Crippen LogP contribution in [0.2, 0.25) is 0 Å². The third-order valence-electron chi connectivity index (χ3n) is 4.57. The van der Waals surface area contributed by atoms with E-state index < -0.39 is 15.6 Å². The Labute approximate surface area is 148 Å². The summed E-state index contributed by atoms with van der Waals surface area (Å²) < 4.78 is 33.0. The van der Waals surface area contributed by atoms with Gasteiger partial charge in [0.05, 0.1) is 23.3 Å². The molecule has 2 aromatic carbocycles. The number of ether oxygens (including phenoxy) is 1. The molecule has 0 aliphatic carbocycles. The maximum absolute atomic E-state index is 13.1. The molecule has 2 aromatic rings. The van der Waals surface area contributed by atoms with Gasteiger partial charge in [0, 0.05) is 13.0 Å². The molecule has 3 rings (SSSR count). The Morgan fingerprint density at radius 1 is 1.24 bits per heavy atom. The van der Waals surface area contributed by atoms with E-state index in [2.05, 4.69) is 6.58 Å². The van der Waals surface area contributed by atoms with Crippen LogP contribution in [0.25, 0.3) is 0 Å². The van der Waals surface area contributed by atoms with Crippen molar-refractivity contribution in [2.24, 2.45) is 0 Å². The summed E-state index contributed by atoms with van der Waals surface area (Å²) in [4.78, 5) is 0.218. The molecule has 1 heterocycles. The fourth-order valence-corrected chi connectivity index (χ4v) is 4.62. The van der Waals surface area contributed by atoms with Crippen LogP contribution in [-0.4, -0.2) is 27.2 Å². The van der Waals surface area contributed by atoms with Gasteiger partial charge in [0.15, 0.2) is 0 Å². The number of aliphatic hydroxyl groups is 1. The first kappa shape index (κ1) is 17.5. The van der Waals surface area contributed by atoms with E-state index >= 15 is 0 Å². The quantitative estimate of drug-likeness (QED) is 0.853. The number of rotatable bonds is 4. The molecular weight excluding hydrogens is 338 g/mol. The summed E-state index contributed by atoms with van der Waals surface area (Å²) in [6, 6.07) is 11.8. The second-order valence-corrected chi connectivity index (χ2v) is 7.99. The highest BCUT2D eigenvalue weighted by Gasteiger charge is 2.41. The Balaban J connectivity index is 2.19. The van der Waals surface area contributed by atoms with Crippen LogP contribution in [0.1, 0.15) is 17.5 Å². The molecule has 5 nitrogen and oxygen atoms in total. The molecule has 1 aliphatic heterocycles. The molecule has 0 bridgehead atoms. The predicted octanol–water partition coefficient (Wildman–Crippen LogP) is 2.98. The monoisotopic (exact) mass is 359 g/mol. The van der Waals surface area contributed by atoms with E-state index in [0.29, 0.717) is 17.0 Å². The minimum atomic E-state index is -3.74. The number of anilines is 1. The van der Waals surface area contributed by atoms with Crippen molar-refractivity contribution in [2.45, 2.75) is 23.8 Å². The fraction of sp³-hybridized carbons (Fsp3) is 0.263.